The fourth-order valence-electron chi connectivity index (χ4n) is 2.33. The average Bonchev–Trinajstić information content (AvgIpc) is 2.63. The van der Waals surface area contributed by atoms with Crippen molar-refractivity contribution in [2.24, 2.45) is 0 Å². The molecule has 2 rings (SSSR count). The Bertz CT molecular complexity index is 989. The molecule has 0 unspecified atom stereocenters. The number of sulfone groups is 1. The predicted octanol–water partition coefficient (Wildman–Crippen LogP) is 2.32. The minimum Gasteiger partial charge on any atom is -0.348 e. The SMILES string of the molecule is C[C@@H](NC(=O)c1ccc(S(=O)(=O)CC(=O)N(C)C)cc1)c1ccc(F)c(F)c1. The second-order valence-corrected chi connectivity index (χ2v) is 8.43. The number of rotatable bonds is 6. The van der Waals surface area contributed by atoms with Crippen molar-refractivity contribution in [2.75, 3.05) is 19.8 Å². The Labute approximate surface area is 162 Å². The standard InChI is InChI=1S/C19H20F2N2O4S/c1-12(14-6-9-16(20)17(21)10-14)22-19(25)13-4-7-15(8-5-13)28(26,27)11-18(24)23(2)3/h4-10,12H,11H2,1-3H3,(H,22,25)/t12-/m1/s1. The van der Waals surface area contributed by atoms with Gasteiger partial charge in [-0.3, -0.25) is 9.59 Å². The molecule has 0 aromatic heterocycles. The molecule has 0 spiro atoms. The van der Waals surface area contributed by atoms with Crippen LogP contribution in [0.4, 0.5) is 8.78 Å². The van der Waals surface area contributed by atoms with Crippen molar-refractivity contribution in [3.8, 4) is 0 Å². The first-order valence-electron chi connectivity index (χ1n) is 8.30. The van der Waals surface area contributed by atoms with Crippen molar-refractivity contribution in [1.82, 2.24) is 10.2 Å². The van der Waals surface area contributed by atoms with Crippen molar-refractivity contribution < 1.29 is 26.8 Å². The monoisotopic (exact) mass is 410 g/mol. The van der Waals surface area contributed by atoms with Crippen LogP contribution in [0.1, 0.15) is 28.9 Å². The molecule has 1 atom stereocenters. The highest BCUT2D eigenvalue weighted by Crippen LogP contribution is 2.18. The van der Waals surface area contributed by atoms with Gasteiger partial charge in [0.25, 0.3) is 5.91 Å². The summed E-state index contributed by atoms with van der Waals surface area (Å²) in [5, 5.41) is 2.63. The molecule has 28 heavy (non-hydrogen) atoms. The van der Waals surface area contributed by atoms with Gasteiger partial charge in [0.15, 0.2) is 21.5 Å². The van der Waals surface area contributed by atoms with Gasteiger partial charge in [0.2, 0.25) is 5.91 Å². The molecule has 0 fully saturated rings. The summed E-state index contributed by atoms with van der Waals surface area (Å²) in [4.78, 5) is 25.1. The Morgan fingerprint density at radius 3 is 2.18 bits per heavy atom. The Morgan fingerprint density at radius 1 is 1.04 bits per heavy atom. The number of amides is 2. The summed E-state index contributed by atoms with van der Waals surface area (Å²) < 4.78 is 50.8. The van der Waals surface area contributed by atoms with Crippen LogP contribution >= 0.6 is 0 Å². The zero-order valence-electron chi connectivity index (χ0n) is 15.6. The Morgan fingerprint density at radius 2 is 1.64 bits per heavy atom. The second-order valence-electron chi connectivity index (χ2n) is 6.44. The third kappa shape index (κ3) is 5.13. The molecule has 0 radical (unpaired) electrons. The van der Waals surface area contributed by atoms with Crippen molar-refractivity contribution in [3.05, 3.63) is 65.2 Å². The molecule has 9 heteroatoms. The van der Waals surface area contributed by atoms with Crippen LogP contribution in [0.15, 0.2) is 47.4 Å². The number of nitrogens with zero attached hydrogens (tertiary/aromatic N) is 1. The van der Waals surface area contributed by atoms with Crippen LogP contribution in [0.3, 0.4) is 0 Å². The normalized spacial score (nSPS) is 12.3. The lowest BCUT2D eigenvalue weighted by molar-refractivity contribution is -0.125. The molecule has 0 aliphatic rings. The van der Waals surface area contributed by atoms with Gasteiger partial charge in [-0.1, -0.05) is 6.07 Å². The van der Waals surface area contributed by atoms with E-state index >= 15 is 0 Å². The van der Waals surface area contributed by atoms with Crippen LogP contribution < -0.4 is 5.32 Å². The summed E-state index contributed by atoms with van der Waals surface area (Å²) in [6, 6.07) is 7.87. The first kappa shape index (κ1) is 21.5. The van der Waals surface area contributed by atoms with E-state index in [0.29, 0.717) is 5.56 Å². The molecule has 0 aliphatic carbocycles. The van der Waals surface area contributed by atoms with E-state index in [0.717, 1.165) is 12.1 Å². The van der Waals surface area contributed by atoms with E-state index in [-0.39, 0.29) is 10.5 Å². The Kier molecular flexibility index (Phi) is 6.50. The first-order valence-corrected chi connectivity index (χ1v) is 9.95. The van der Waals surface area contributed by atoms with Crippen molar-refractivity contribution in [1.29, 1.82) is 0 Å². The highest BCUT2D eigenvalue weighted by Gasteiger charge is 2.21. The van der Waals surface area contributed by atoms with Gasteiger partial charge in [0.05, 0.1) is 10.9 Å². The summed E-state index contributed by atoms with van der Waals surface area (Å²) in [5.41, 5.74) is 0.570. The van der Waals surface area contributed by atoms with Crippen LogP contribution in [0, 0.1) is 11.6 Å². The van der Waals surface area contributed by atoms with Crippen LogP contribution in [0.25, 0.3) is 0 Å². The van der Waals surface area contributed by atoms with Gasteiger partial charge < -0.3 is 10.2 Å². The van der Waals surface area contributed by atoms with Gasteiger partial charge in [-0.25, -0.2) is 17.2 Å². The molecule has 2 aromatic rings. The van der Waals surface area contributed by atoms with Crippen LogP contribution in [-0.4, -0.2) is 45.0 Å². The smallest absolute Gasteiger partial charge is 0.251 e. The first-order chi connectivity index (χ1) is 13.0. The minimum absolute atomic E-state index is 0.0760. The summed E-state index contributed by atoms with van der Waals surface area (Å²) >= 11 is 0. The maximum Gasteiger partial charge on any atom is 0.251 e. The van der Waals surface area contributed by atoms with Crippen LogP contribution in [-0.2, 0) is 14.6 Å². The van der Waals surface area contributed by atoms with Gasteiger partial charge in [-0.05, 0) is 48.9 Å². The number of hydrogen-bond acceptors (Lipinski definition) is 4. The van der Waals surface area contributed by atoms with Crippen molar-refractivity contribution in [3.63, 3.8) is 0 Å². The number of carbonyl (C=O) groups excluding carboxylic acids is 2. The summed E-state index contributed by atoms with van der Waals surface area (Å²) in [6.45, 7) is 1.61. The number of benzene rings is 2. The van der Waals surface area contributed by atoms with Crippen LogP contribution in [0.5, 0.6) is 0 Å². The topological polar surface area (TPSA) is 83.5 Å². The molecule has 0 heterocycles. The fourth-order valence-corrected chi connectivity index (χ4v) is 3.63. The van der Waals surface area contributed by atoms with Gasteiger partial charge in [-0.15, -0.1) is 0 Å². The quantitative estimate of drug-likeness (QED) is 0.792. The average molecular weight is 410 g/mol. The van der Waals surface area contributed by atoms with Gasteiger partial charge in [-0.2, -0.15) is 0 Å². The molecule has 0 aliphatic heterocycles. The van der Waals surface area contributed by atoms with Crippen molar-refractivity contribution >= 4 is 21.7 Å². The van der Waals surface area contributed by atoms with E-state index < -0.39 is 45.1 Å². The molecule has 1 N–H and O–H groups in total. The van der Waals surface area contributed by atoms with Gasteiger partial charge >= 0.3 is 0 Å². The zero-order valence-corrected chi connectivity index (χ0v) is 16.4. The molecule has 6 nitrogen and oxygen atoms in total. The molecule has 0 bridgehead atoms. The summed E-state index contributed by atoms with van der Waals surface area (Å²) in [7, 11) is -0.906. The Hall–Kier alpha value is -2.81. The maximum absolute atomic E-state index is 13.3. The Balaban J connectivity index is 2.11. The molecule has 0 saturated heterocycles. The molecule has 2 aromatic carbocycles. The second kappa shape index (κ2) is 8.47. The lowest BCUT2D eigenvalue weighted by Gasteiger charge is -2.15. The number of nitrogens with one attached hydrogen (secondary N) is 1. The van der Waals surface area contributed by atoms with Gasteiger partial charge in [0, 0.05) is 19.7 Å². The third-order valence-corrected chi connectivity index (χ3v) is 5.70. The highest BCUT2D eigenvalue weighted by atomic mass is 32.2. The van der Waals surface area contributed by atoms with Gasteiger partial charge in [0.1, 0.15) is 5.75 Å². The lowest BCUT2D eigenvalue weighted by atomic mass is 10.1. The molecular formula is C19H20F2N2O4S. The lowest BCUT2D eigenvalue weighted by Crippen LogP contribution is -2.29. The highest BCUT2D eigenvalue weighted by molar-refractivity contribution is 7.92. The van der Waals surface area contributed by atoms with E-state index in [1.54, 1.807) is 6.92 Å². The van der Waals surface area contributed by atoms with E-state index in [4.69, 9.17) is 0 Å². The van der Waals surface area contributed by atoms with E-state index in [2.05, 4.69) is 5.32 Å². The fraction of sp³-hybridized carbons (Fsp3) is 0.263. The van der Waals surface area contributed by atoms with E-state index in [1.165, 1.54) is 49.3 Å². The largest absolute Gasteiger partial charge is 0.348 e. The van der Waals surface area contributed by atoms with E-state index in [9.17, 15) is 26.8 Å². The van der Waals surface area contributed by atoms with E-state index in [1.807, 2.05) is 0 Å². The molecule has 150 valence electrons. The third-order valence-electron chi connectivity index (χ3n) is 4.08. The number of halogens is 2. The minimum atomic E-state index is -3.82. The predicted molar refractivity (Wildman–Crippen MR) is 99.4 cm³/mol. The molecule has 0 saturated carbocycles. The number of hydrogen-bond donors (Lipinski definition) is 1. The van der Waals surface area contributed by atoms with Crippen LogP contribution in [0.2, 0.25) is 0 Å². The maximum atomic E-state index is 13.3. The van der Waals surface area contributed by atoms with Crippen molar-refractivity contribution in [2.45, 2.75) is 17.9 Å². The summed E-state index contributed by atoms with van der Waals surface area (Å²) in [6.07, 6.45) is 0. The zero-order chi connectivity index (χ0) is 21.1. The molecular weight excluding hydrogens is 390 g/mol. The summed E-state index contributed by atoms with van der Waals surface area (Å²) in [5.74, 6) is -3.72. The number of carbonyl (C=O) groups is 2. The molecule has 2 amide bonds.